The molecule has 182 valence electrons. The molecule has 1 saturated heterocycles. The summed E-state index contributed by atoms with van der Waals surface area (Å²) in [6, 6.07) is 2.73. The summed E-state index contributed by atoms with van der Waals surface area (Å²) in [6.07, 6.45) is 3.12. The van der Waals surface area contributed by atoms with Gasteiger partial charge in [-0.2, -0.15) is 0 Å². The van der Waals surface area contributed by atoms with E-state index in [1.165, 1.54) is 12.1 Å². The van der Waals surface area contributed by atoms with Gasteiger partial charge >= 0.3 is 0 Å². The first kappa shape index (κ1) is 25.3. The number of piperidine rings is 1. The number of likely N-dealkylation sites (tertiary alicyclic amines) is 1. The zero-order chi connectivity index (χ0) is 24.1. The van der Waals surface area contributed by atoms with Crippen molar-refractivity contribution in [2.45, 2.75) is 32.4 Å². The predicted molar refractivity (Wildman–Crippen MR) is 131 cm³/mol. The van der Waals surface area contributed by atoms with Crippen LogP contribution in [0.25, 0.3) is 0 Å². The summed E-state index contributed by atoms with van der Waals surface area (Å²) in [7, 11) is 2.09. The largest absolute Gasteiger partial charge is 0.470 e. The number of benzene rings is 1. The third-order valence-electron chi connectivity index (χ3n) is 6.07. The smallest absolute Gasteiger partial charge is 0.209 e. The zero-order valence-electron chi connectivity index (χ0n) is 19.0. The number of hydrogen-bond donors (Lipinski definition) is 4. The lowest BCUT2D eigenvalue weighted by molar-refractivity contribution is 0.188. The minimum Gasteiger partial charge on any atom is -0.470 e. The zero-order valence-corrected chi connectivity index (χ0v) is 20.5. The fourth-order valence-electron chi connectivity index (χ4n) is 3.96. The molecule has 2 heterocycles. The van der Waals surface area contributed by atoms with Gasteiger partial charge in [-0.1, -0.05) is 23.2 Å². The van der Waals surface area contributed by atoms with Crippen LogP contribution in [-0.2, 0) is 11.3 Å². The van der Waals surface area contributed by atoms with Gasteiger partial charge in [0.1, 0.15) is 17.7 Å². The molecule has 7 N–H and O–H groups in total. The standard InChI is InChI=1S/C22H32Cl2FN7O/c1-13(33-22(30-28)14-5-8-31(2)9-6-14)18(26)11-19-21(27)29-7-10-32(19)12-15-16(23)3-4-17(25)20(15)24/h3-4,11,13-14,29H,5-10,12,26-28H2,1-2H3. The van der Waals surface area contributed by atoms with Crippen LogP contribution < -0.4 is 22.6 Å². The van der Waals surface area contributed by atoms with E-state index in [0.29, 0.717) is 46.8 Å². The van der Waals surface area contributed by atoms with Crippen LogP contribution in [0, 0.1) is 11.7 Å². The summed E-state index contributed by atoms with van der Waals surface area (Å²) in [5.41, 5.74) is 14.2. The van der Waals surface area contributed by atoms with E-state index in [4.69, 9.17) is 45.2 Å². The molecule has 1 aromatic carbocycles. The van der Waals surface area contributed by atoms with Crippen LogP contribution in [-0.4, -0.2) is 55.0 Å². The Morgan fingerprint density at radius 1 is 1.33 bits per heavy atom. The molecule has 1 unspecified atom stereocenters. The summed E-state index contributed by atoms with van der Waals surface area (Å²) in [6.45, 7) is 5.24. The first-order valence-corrected chi connectivity index (χ1v) is 11.7. The van der Waals surface area contributed by atoms with Crippen molar-refractivity contribution in [3.63, 3.8) is 0 Å². The molecule has 0 saturated carbocycles. The van der Waals surface area contributed by atoms with Gasteiger partial charge in [-0.3, -0.25) is 0 Å². The summed E-state index contributed by atoms with van der Waals surface area (Å²) in [4.78, 5) is 4.21. The Kier molecular flexibility index (Phi) is 8.56. The molecule has 0 aliphatic carbocycles. The highest BCUT2D eigenvalue weighted by molar-refractivity contribution is 6.36. The predicted octanol–water partition coefficient (Wildman–Crippen LogP) is 2.53. The molecule has 33 heavy (non-hydrogen) atoms. The number of hydrogen-bond acceptors (Lipinski definition) is 8. The molecule has 2 aliphatic rings. The lowest BCUT2D eigenvalue weighted by Gasteiger charge is -2.33. The van der Waals surface area contributed by atoms with Crippen LogP contribution >= 0.6 is 23.2 Å². The van der Waals surface area contributed by atoms with Gasteiger partial charge in [-0.05, 0) is 58.1 Å². The fourth-order valence-corrected chi connectivity index (χ4v) is 4.45. The summed E-state index contributed by atoms with van der Waals surface area (Å²) < 4.78 is 20.0. The van der Waals surface area contributed by atoms with E-state index >= 15 is 0 Å². The maximum atomic E-state index is 14.0. The first-order valence-electron chi connectivity index (χ1n) is 10.9. The highest BCUT2D eigenvalue weighted by Gasteiger charge is 2.26. The van der Waals surface area contributed by atoms with Gasteiger partial charge in [0, 0.05) is 36.1 Å². The van der Waals surface area contributed by atoms with Gasteiger partial charge in [0.05, 0.1) is 16.4 Å². The monoisotopic (exact) mass is 499 g/mol. The molecule has 0 radical (unpaired) electrons. The second-order valence-electron chi connectivity index (χ2n) is 8.42. The van der Waals surface area contributed by atoms with Crippen molar-refractivity contribution in [2.75, 3.05) is 33.2 Å². The van der Waals surface area contributed by atoms with Crippen molar-refractivity contribution in [2.24, 2.45) is 28.3 Å². The van der Waals surface area contributed by atoms with E-state index in [9.17, 15) is 4.39 Å². The van der Waals surface area contributed by atoms with Gasteiger partial charge in [-0.15, -0.1) is 5.10 Å². The first-order chi connectivity index (χ1) is 15.7. The molecule has 8 nitrogen and oxygen atoms in total. The second-order valence-corrected chi connectivity index (χ2v) is 9.20. The van der Waals surface area contributed by atoms with Crippen molar-refractivity contribution in [1.29, 1.82) is 0 Å². The van der Waals surface area contributed by atoms with E-state index in [0.717, 1.165) is 25.9 Å². The SMILES string of the molecule is CC(OC(=NN)C1CCN(C)CC1)C(N)=CC1=C(N)NCCN1Cc1c(Cl)ccc(F)c1Cl. The van der Waals surface area contributed by atoms with Crippen LogP contribution in [0.15, 0.2) is 40.5 Å². The lowest BCUT2D eigenvalue weighted by atomic mass is 9.97. The van der Waals surface area contributed by atoms with Gasteiger partial charge in [0.25, 0.3) is 0 Å². The molecular weight excluding hydrogens is 468 g/mol. The number of nitrogens with zero attached hydrogens (tertiary/aromatic N) is 3. The van der Waals surface area contributed by atoms with E-state index in [1.54, 1.807) is 6.08 Å². The number of nitrogens with two attached hydrogens (primary N) is 3. The normalized spacial score (nSPS) is 20.1. The van der Waals surface area contributed by atoms with E-state index in [1.807, 2.05) is 11.8 Å². The Bertz CT molecular complexity index is 945. The van der Waals surface area contributed by atoms with Crippen molar-refractivity contribution >= 4 is 29.1 Å². The molecule has 1 fully saturated rings. The maximum Gasteiger partial charge on any atom is 0.209 e. The summed E-state index contributed by atoms with van der Waals surface area (Å²) in [5, 5.41) is 7.39. The average molecular weight is 500 g/mol. The van der Waals surface area contributed by atoms with Crippen LogP contribution in [0.4, 0.5) is 4.39 Å². The summed E-state index contributed by atoms with van der Waals surface area (Å²) >= 11 is 12.5. The van der Waals surface area contributed by atoms with Gasteiger partial charge in [-0.25, -0.2) is 4.39 Å². The minimum absolute atomic E-state index is 0.00506. The minimum atomic E-state index is -0.524. The average Bonchev–Trinajstić information content (AvgIpc) is 2.80. The number of nitrogens with one attached hydrogen (secondary N) is 1. The lowest BCUT2D eigenvalue weighted by Crippen LogP contribution is -2.41. The van der Waals surface area contributed by atoms with Crippen LogP contribution in [0.5, 0.6) is 0 Å². The number of allylic oxidation sites excluding steroid dienone is 1. The molecule has 1 atom stereocenters. The van der Waals surface area contributed by atoms with Gasteiger partial charge in [0.2, 0.25) is 5.90 Å². The van der Waals surface area contributed by atoms with Gasteiger partial charge < -0.3 is 37.2 Å². The number of ether oxygens (including phenoxy) is 1. The number of rotatable bonds is 6. The quantitative estimate of drug-likeness (QED) is 0.156. The van der Waals surface area contributed by atoms with E-state index < -0.39 is 11.9 Å². The Labute approximate surface area is 204 Å². The van der Waals surface area contributed by atoms with Crippen LogP contribution in [0.2, 0.25) is 10.0 Å². The molecule has 3 rings (SSSR count). The number of halogens is 3. The topological polar surface area (TPSA) is 118 Å². The Balaban J connectivity index is 1.76. The van der Waals surface area contributed by atoms with Crippen LogP contribution in [0.1, 0.15) is 25.3 Å². The second kappa shape index (κ2) is 11.2. The Morgan fingerprint density at radius 3 is 2.70 bits per heavy atom. The van der Waals surface area contributed by atoms with E-state index in [-0.39, 0.29) is 17.5 Å². The summed E-state index contributed by atoms with van der Waals surface area (Å²) in [5.74, 6) is 6.22. The maximum absolute atomic E-state index is 14.0. The molecule has 2 aliphatic heterocycles. The Morgan fingerprint density at radius 2 is 2.03 bits per heavy atom. The van der Waals surface area contributed by atoms with Crippen molar-refractivity contribution in [3.05, 3.63) is 56.8 Å². The molecule has 0 spiro atoms. The molecule has 1 aromatic rings. The third-order valence-corrected chi connectivity index (χ3v) is 6.83. The van der Waals surface area contributed by atoms with Crippen molar-refractivity contribution < 1.29 is 9.13 Å². The van der Waals surface area contributed by atoms with Crippen molar-refractivity contribution in [3.8, 4) is 0 Å². The fraction of sp³-hybridized carbons (Fsp3) is 0.500. The van der Waals surface area contributed by atoms with E-state index in [2.05, 4.69) is 22.4 Å². The van der Waals surface area contributed by atoms with Crippen molar-refractivity contribution in [1.82, 2.24) is 15.1 Å². The van der Waals surface area contributed by atoms with Crippen LogP contribution in [0.3, 0.4) is 0 Å². The Hall–Kier alpha value is -2.36. The highest BCUT2D eigenvalue weighted by Crippen LogP contribution is 2.30. The highest BCUT2D eigenvalue weighted by atomic mass is 35.5. The van der Waals surface area contributed by atoms with Gasteiger partial charge in [0.15, 0.2) is 0 Å². The number of hydrazone groups is 1. The molecule has 0 bridgehead atoms. The molecule has 11 heteroatoms. The molecule has 0 amide bonds. The molecule has 0 aromatic heterocycles. The third kappa shape index (κ3) is 6.16. The molecular formula is C22H32Cl2FN7O.